The van der Waals surface area contributed by atoms with E-state index in [-0.39, 0.29) is 0 Å². The van der Waals surface area contributed by atoms with Crippen molar-refractivity contribution < 1.29 is 4.74 Å². The summed E-state index contributed by atoms with van der Waals surface area (Å²) in [5, 5.41) is 0. The van der Waals surface area contributed by atoms with Crippen LogP contribution in [0.15, 0.2) is 42.5 Å². The van der Waals surface area contributed by atoms with Crippen molar-refractivity contribution in [3.8, 4) is 0 Å². The first kappa shape index (κ1) is 11.4. The molecule has 0 heterocycles. The van der Waals surface area contributed by atoms with Crippen LogP contribution in [0.2, 0.25) is 0 Å². The maximum Gasteiger partial charge on any atom is 0.0720 e. The van der Waals surface area contributed by atoms with Crippen molar-refractivity contribution >= 4 is 0 Å². The molecule has 2 rings (SSSR count). The van der Waals surface area contributed by atoms with Gasteiger partial charge in [-0.05, 0) is 30.7 Å². The molecule has 1 aromatic rings. The number of rotatable bonds is 5. The first-order valence-electron chi connectivity index (χ1n) is 6.20. The lowest BCUT2D eigenvalue weighted by atomic mass is 9.82. The molecule has 1 fully saturated rings. The average Bonchev–Trinajstić information content (AvgIpc) is 2.28. The highest BCUT2D eigenvalue weighted by Crippen LogP contribution is 2.31. The molecule has 0 bridgehead atoms. The van der Waals surface area contributed by atoms with Crippen LogP contribution in [0.5, 0.6) is 0 Å². The van der Waals surface area contributed by atoms with Crippen molar-refractivity contribution in [1.82, 2.24) is 0 Å². The van der Waals surface area contributed by atoms with Crippen molar-refractivity contribution in [2.75, 3.05) is 0 Å². The maximum absolute atomic E-state index is 5.84. The molecule has 86 valence electrons. The third kappa shape index (κ3) is 3.21. The molecule has 1 aromatic carbocycles. The van der Waals surface area contributed by atoms with Crippen LogP contribution in [0, 0.1) is 5.92 Å². The second kappa shape index (κ2) is 5.86. The molecule has 1 aliphatic rings. The highest BCUT2D eigenvalue weighted by atomic mass is 16.5. The second-order valence-electron chi connectivity index (χ2n) is 4.49. The molecule has 1 nitrogen and oxygen atoms in total. The number of benzene rings is 1. The maximum atomic E-state index is 5.84. The third-order valence-electron chi connectivity index (χ3n) is 3.10. The highest BCUT2D eigenvalue weighted by molar-refractivity contribution is 5.13. The Balaban J connectivity index is 1.65. The molecule has 1 saturated carbocycles. The summed E-state index contributed by atoms with van der Waals surface area (Å²) in [7, 11) is 0. The Bertz CT molecular complexity index is 323. The van der Waals surface area contributed by atoms with Crippen LogP contribution in [-0.4, -0.2) is 6.10 Å². The number of ether oxygens (including phenoxy) is 1. The Morgan fingerprint density at radius 2 is 2.00 bits per heavy atom. The lowest BCUT2D eigenvalue weighted by Crippen LogP contribution is -2.29. The molecule has 1 aliphatic carbocycles. The summed E-state index contributed by atoms with van der Waals surface area (Å²) in [6.45, 7) is 2.94. The molecule has 0 aliphatic heterocycles. The van der Waals surface area contributed by atoms with E-state index in [1.807, 2.05) is 6.07 Å². The predicted molar refractivity (Wildman–Crippen MR) is 67.2 cm³/mol. The fourth-order valence-electron chi connectivity index (χ4n) is 2.02. The molecule has 0 radical (unpaired) electrons. The Morgan fingerprint density at radius 1 is 1.25 bits per heavy atom. The fourth-order valence-corrected chi connectivity index (χ4v) is 2.02. The van der Waals surface area contributed by atoms with E-state index >= 15 is 0 Å². The second-order valence-corrected chi connectivity index (χ2v) is 4.49. The molecule has 0 saturated heterocycles. The fraction of sp³-hybridized carbons (Fsp3) is 0.467. The largest absolute Gasteiger partial charge is 0.373 e. The zero-order valence-electron chi connectivity index (χ0n) is 9.93. The summed E-state index contributed by atoms with van der Waals surface area (Å²) in [5.74, 6) is 0.765. The lowest BCUT2D eigenvalue weighted by molar-refractivity contribution is -0.0283. The van der Waals surface area contributed by atoms with Gasteiger partial charge in [0, 0.05) is 0 Å². The first-order valence-corrected chi connectivity index (χ1v) is 6.20. The van der Waals surface area contributed by atoms with Gasteiger partial charge in [-0.15, -0.1) is 0 Å². The number of hydrogen-bond acceptors (Lipinski definition) is 1. The standard InChI is InChI=1S/C15H20O/c1-2-3-7-14-10-15(11-14)16-12-13-8-5-4-6-9-13/h3-9,14-15H,2,10-12H2,1H3/b7-3+. The van der Waals surface area contributed by atoms with Crippen molar-refractivity contribution in [2.45, 2.75) is 38.9 Å². The summed E-state index contributed by atoms with van der Waals surface area (Å²) in [6.07, 6.45) is 8.62. The Labute approximate surface area is 98.1 Å². The molecule has 0 unspecified atom stereocenters. The van der Waals surface area contributed by atoms with Crippen LogP contribution in [0.4, 0.5) is 0 Å². The van der Waals surface area contributed by atoms with Crippen molar-refractivity contribution in [3.63, 3.8) is 0 Å². The van der Waals surface area contributed by atoms with Gasteiger partial charge in [-0.3, -0.25) is 0 Å². The molecule has 16 heavy (non-hydrogen) atoms. The predicted octanol–water partition coefficient (Wildman–Crippen LogP) is 3.95. The minimum Gasteiger partial charge on any atom is -0.373 e. The molecular weight excluding hydrogens is 196 g/mol. The zero-order valence-corrected chi connectivity index (χ0v) is 9.93. The summed E-state index contributed by atoms with van der Waals surface area (Å²) < 4.78 is 5.84. The van der Waals surface area contributed by atoms with Gasteiger partial charge in [0.15, 0.2) is 0 Å². The van der Waals surface area contributed by atoms with Crippen LogP contribution in [0.3, 0.4) is 0 Å². The monoisotopic (exact) mass is 216 g/mol. The van der Waals surface area contributed by atoms with E-state index in [1.165, 1.54) is 18.4 Å². The highest BCUT2D eigenvalue weighted by Gasteiger charge is 2.27. The van der Waals surface area contributed by atoms with E-state index < -0.39 is 0 Å². The first-order chi connectivity index (χ1) is 7.88. The summed E-state index contributed by atoms with van der Waals surface area (Å²) in [5.41, 5.74) is 1.27. The number of allylic oxidation sites excluding steroid dienone is 2. The van der Waals surface area contributed by atoms with Crippen LogP contribution in [0.25, 0.3) is 0 Å². The van der Waals surface area contributed by atoms with E-state index in [2.05, 4.69) is 43.3 Å². The molecule has 0 atom stereocenters. The Hall–Kier alpha value is -1.08. The number of hydrogen-bond donors (Lipinski definition) is 0. The summed E-state index contributed by atoms with van der Waals surface area (Å²) >= 11 is 0. The molecule has 0 N–H and O–H groups in total. The Morgan fingerprint density at radius 3 is 2.69 bits per heavy atom. The minimum absolute atomic E-state index is 0.478. The van der Waals surface area contributed by atoms with Gasteiger partial charge in [0.25, 0.3) is 0 Å². The molecule has 0 spiro atoms. The lowest BCUT2D eigenvalue weighted by Gasteiger charge is -2.33. The normalized spacial score (nSPS) is 24.6. The van der Waals surface area contributed by atoms with E-state index in [4.69, 9.17) is 4.74 Å². The van der Waals surface area contributed by atoms with Gasteiger partial charge in [-0.1, -0.05) is 49.4 Å². The molecule has 0 aromatic heterocycles. The van der Waals surface area contributed by atoms with Gasteiger partial charge in [0.1, 0.15) is 0 Å². The smallest absolute Gasteiger partial charge is 0.0720 e. The van der Waals surface area contributed by atoms with E-state index in [0.717, 1.165) is 18.9 Å². The Kier molecular flexibility index (Phi) is 4.17. The van der Waals surface area contributed by atoms with E-state index in [0.29, 0.717) is 6.10 Å². The van der Waals surface area contributed by atoms with Gasteiger partial charge in [0.05, 0.1) is 12.7 Å². The van der Waals surface area contributed by atoms with Crippen molar-refractivity contribution in [3.05, 3.63) is 48.0 Å². The van der Waals surface area contributed by atoms with Crippen LogP contribution >= 0.6 is 0 Å². The zero-order chi connectivity index (χ0) is 11.2. The molecule has 1 heteroatoms. The van der Waals surface area contributed by atoms with Crippen LogP contribution < -0.4 is 0 Å². The van der Waals surface area contributed by atoms with Crippen molar-refractivity contribution in [2.24, 2.45) is 5.92 Å². The van der Waals surface area contributed by atoms with Gasteiger partial charge in [0.2, 0.25) is 0 Å². The average molecular weight is 216 g/mol. The van der Waals surface area contributed by atoms with E-state index in [1.54, 1.807) is 0 Å². The summed E-state index contributed by atoms with van der Waals surface area (Å²) in [6, 6.07) is 10.4. The summed E-state index contributed by atoms with van der Waals surface area (Å²) in [4.78, 5) is 0. The van der Waals surface area contributed by atoms with Crippen LogP contribution in [-0.2, 0) is 11.3 Å². The minimum atomic E-state index is 0.478. The van der Waals surface area contributed by atoms with E-state index in [9.17, 15) is 0 Å². The quantitative estimate of drug-likeness (QED) is 0.677. The van der Waals surface area contributed by atoms with Gasteiger partial charge in [-0.2, -0.15) is 0 Å². The molecular formula is C15H20O. The topological polar surface area (TPSA) is 9.23 Å². The van der Waals surface area contributed by atoms with Crippen LogP contribution in [0.1, 0.15) is 31.7 Å². The molecule has 0 amide bonds. The van der Waals surface area contributed by atoms with Crippen molar-refractivity contribution in [1.29, 1.82) is 0 Å². The third-order valence-corrected chi connectivity index (χ3v) is 3.10. The van der Waals surface area contributed by atoms with Gasteiger partial charge in [-0.25, -0.2) is 0 Å². The van der Waals surface area contributed by atoms with Gasteiger partial charge >= 0.3 is 0 Å². The van der Waals surface area contributed by atoms with Gasteiger partial charge < -0.3 is 4.74 Å². The SMILES string of the molecule is CC/C=C/C1CC(OCc2ccccc2)C1.